The summed E-state index contributed by atoms with van der Waals surface area (Å²) in [5.41, 5.74) is 2.36. The third kappa shape index (κ3) is 4.82. The van der Waals surface area contributed by atoms with Crippen LogP contribution in [-0.4, -0.2) is 53.4 Å². The molecule has 0 atom stereocenters. The summed E-state index contributed by atoms with van der Waals surface area (Å²) in [6, 6.07) is 18.3. The first-order chi connectivity index (χ1) is 15.5. The molecule has 2 heterocycles. The standard InChI is InChI=1S/C25H28N4O3/c1-3-32-22-11-7-20(8-12-22)25(31)28-16-4-15-27(17-18-28)23-13-14-24(30)29(26-23)21-9-5-19(2)6-10-21/h5-14H,3-4,15-18H2,1-2H3. The molecule has 1 aliphatic rings. The molecule has 0 unspecified atom stereocenters. The summed E-state index contributed by atoms with van der Waals surface area (Å²) in [5.74, 6) is 1.52. The summed E-state index contributed by atoms with van der Waals surface area (Å²) in [5, 5.41) is 4.61. The highest BCUT2D eigenvalue weighted by atomic mass is 16.5. The molecule has 2 aromatic carbocycles. The van der Waals surface area contributed by atoms with Gasteiger partial charge in [0.1, 0.15) is 11.6 Å². The van der Waals surface area contributed by atoms with Crippen LogP contribution in [0.5, 0.6) is 5.75 Å². The molecule has 1 aromatic heterocycles. The van der Waals surface area contributed by atoms with E-state index in [4.69, 9.17) is 4.74 Å². The van der Waals surface area contributed by atoms with Crippen LogP contribution in [0.1, 0.15) is 29.3 Å². The predicted molar refractivity (Wildman–Crippen MR) is 125 cm³/mol. The third-order valence-corrected chi connectivity index (χ3v) is 5.58. The molecule has 0 bridgehead atoms. The molecule has 0 N–H and O–H groups in total. The number of hydrogen-bond acceptors (Lipinski definition) is 5. The van der Waals surface area contributed by atoms with E-state index in [2.05, 4.69) is 10.00 Å². The molecule has 3 aromatic rings. The minimum atomic E-state index is -0.167. The number of nitrogens with zero attached hydrogens (tertiary/aromatic N) is 4. The second-order valence-electron chi connectivity index (χ2n) is 7.87. The predicted octanol–water partition coefficient (Wildman–Crippen LogP) is 3.29. The molecule has 1 fully saturated rings. The Kier molecular flexibility index (Phi) is 6.54. The Balaban J connectivity index is 1.47. The Bertz CT molecular complexity index is 1120. The maximum absolute atomic E-state index is 13.0. The van der Waals surface area contributed by atoms with Gasteiger partial charge in [-0.1, -0.05) is 17.7 Å². The van der Waals surface area contributed by atoms with E-state index in [0.717, 1.165) is 35.8 Å². The lowest BCUT2D eigenvalue weighted by molar-refractivity contribution is 0.0767. The van der Waals surface area contributed by atoms with Gasteiger partial charge in [-0.25, -0.2) is 0 Å². The molecule has 1 aliphatic heterocycles. The van der Waals surface area contributed by atoms with Crippen molar-refractivity contribution >= 4 is 11.7 Å². The number of amides is 1. The Morgan fingerprint density at radius 1 is 0.938 bits per heavy atom. The summed E-state index contributed by atoms with van der Waals surface area (Å²) in [7, 11) is 0. The molecule has 4 rings (SSSR count). The van der Waals surface area contributed by atoms with E-state index < -0.39 is 0 Å². The van der Waals surface area contributed by atoms with Crippen LogP contribution in [0.25, 0.3) is 5.69 Å². The first-order valence-corrected chi connectivity index (χ1v) is 11.0. The van der Waals surface area contributed by atoms with Crippen LogP contribution in [0.2, 0.25) is 0 Å². The normalized spacial score (nSPS) is 14.2. The lowest BCUT2D eigenvalue weighted by Gasteiger charge is -2.23. The average Bonchev–Trinajstić information content (AvgIpc) is 3.07. The van der Waals surface area contributed by atoms with E-state index in [1.807, 2.05) is 67.3 Å². The van der Waals surface area contributed by atoms with Crippen LogP contribution >= 0.6 is 0 Å². The van der Waals surface area contributed by atoms with E-state index in [-0.39, 0.29) is 11.5 Å². The fourth-order valence-electron chi connectivity index (χ4n) is 3.83. The molecule has 7 heteroatoms. The van der Waals surface area contributed by atoms with Crippen molar-refractivity contribution in [1.82, 2.24) is 14.7 Å². The summed E-state index contributed by atoms with van der Waals surface area (Å²) >= 11 is 0. The Morgan fingerprint density at radius 3 is 2.41 bits per heavy atom. The van der Waals surface area contributed by atoms with Gasteiger partial charge in [0.2, 0.25) is 0 Å². The number of aromatic nitrogens is 2. The van der Waals surface area contributed by atoms with Gasteiger partial charge in [0.15, 0.2) is 0 Å². The molecule has 1 saturated heterocycles. The molecule has 0 aliphatic carbocycles. The summed E-state index contributed by atoms with van der Waals surface area (Å²) < 4.78 is 6.90. The monoisotopic (exact) mass is 432 g/mol. The van der Waals surface area contributed by atoms with Crippen molar-refractivity contribution in [3.63, 3.8) is 0 Å². The van der Waals surface area contributed by atoms with Crippen LogP contribution in [0.4, 0.5) is 5.82 Å². The van der Waals surface area contributed by atoms with Crippen molar-refractivity contribution in [3.05, 3.63) is 82.1 Å². The maximum Gasteiger partial charge on any atom is 0.271 e. The van der Waals surface area contributed by atoms with Gasteiger partial charge in [0.05, 0.1) is 12.3 Å². The number of benzene rings is 2. The van der Waals surface area contributed by atoms with Crippen molar-refractivity contribution in [2.24, 2.45) is 0 Å². The van der Waals surface area contributed by atoms with Crippen LogP contribution < -0.4 is 15.2 Å². The number of hydrogen-bond donors (Lipinski definition) is 0. The number of carbonyl (C=O) groups excluding carboxylic acids is 1. The minimum absolute atomic E-state index is 0.0208. The molecule has 7 nitrogen and oxygen atoms in total. The molecule has 1 amide bonds. The Hall–Kier alpha value is -3.61. The van der Waals surface area contributed by atoms with Crippen LogP contribution in [0.3, 0.4) is 0 Å². The number of ether oxygens (including phenoxy) is 1. The quantitative estimate of drug-likeness (QED) is 0.619. The van der Waals surface area contributed by atoms with Crippen molar-refractivity contribution in [2.45, 2.75) is 20.3 Å². The van der Waals surface area contributed by atoms with Crippen LogP contribution in [0, 0.1) is 6.92 Å². The highest BCUT2D eigenvalue weighted by molar-refractivity contribution is 5.94. The van der Waals surface area contributed by atoms with E-state index in [1.54, 1.807) is 12.1 Å². The average molecular weight is 433 g/mol. The Labute approximate surface area is 187 Å². The second-order valence-corrected chi connectivity index (χ2v) is 7.87. The lowest BCUT2D eigenvalue weighted by atomic mass is 10.2. The minimum Gasteiger partial charge on any atom is -0.494 e. The zero-order chi connectivity index (χ0) is 22.5. The first kappa shape index (κ1) is 21.6. The zero-order valence-electron chi connectivity index (χ0n) is 18.5. The van der Waals surface area contributed by atoms with Gasteiger partial charge in [0, 0.05) is 37.8 Å². The second kappa shape index (κ2) is 9.68. The molecule has 32 heavy (non-hydrogen) atoms. The highest BCUT2D eigenvalue weighted by Crippen LogP contribution is 2.17. The molecule has 0 radical (unpaired) electrons. The molecular formula is C25H28N4O3. The molecule has 0 saturated carbocycles. The smallest absolute Gasteiger partial charge is 0.271 e. The van der Waals surface area contributed by atoms with Gasteiger partial charge in [-0.15, -0.1) is 5.10 Å². The van der Waals surface area contributed by atoms with E-state index >= 15 is 0 Å². The van der Waals surface area contributed by atoms with Crippen molar-refractivity contribution in [3.8, 4) is 11.4 Å². The molecular weight excluding hydrogens is 404 g/mol. The van der Waals surface area contributed by atoms with Gasteiger partial charge < -0.3 is 14.5 Å². The first-order valence-electron chi connectivity index (χ1n) is 11.0. The molecule has 0 spiro atoms. The van der Waals surface area contributed by atoms with Crippen LogP contribution in [0.15, 0.2) is 65.5 Å². The SMILES string of the molecule is CCOc1ccc(C(=O)N2CCCN(c3ccc(=O)n(-c4ccc(C)cc4)n3)CC2)cc1. The summed E-state index contributed by atoms with van der Waals surface area (Å²) in [6.07, 6.45) is 0.827. The van der Waals surface area contributed by atoms with Crippen molar-refractivity contribution < 1.29 is 9.53 Å². The topological polar surface area (TPSA) is 67.7 Å². The zero-order valence-corrected chi connectivity index (χ0v) is 18.5. The fraction of sp³-hybridized carbons (Fsp3) is 0.320. The number of carbonyl (C=O) groups is 1. The Morgan fingerprint density at radius 2 is 1.69 bits per heavy atom. The number of rotatable bonds is 5. The van der Waals surface area contributed by atoms with E-state index in [0.29, 0.717) is 31.8 Å². The summed E-state index contributed by atoms with van der Waals surface area (Å²) in [4.78, 5) is 29.4. The van der Waals surface area contributed by atoms with Crippen LogP contribution in [-0.2, 0) is 0 Å². The molecule has 166 valence electrons. The maximum atomic E-state index is 13.0. The van der Waals surface area contributed by atoms with E-state index in [9.17, 15) is 9.59 Å². The van der Waals surface area contributed by atoms with Crippen molar-refractivity contribution in [1.29, 1.82) is 0 Å². The fourth-order valence-corrected chi connectivity index (χ4v) is 3.83. The van der Waals surface area contributed by atoms with Gasteiger partial charge in [0.25, 0.3) is 11.5 Å². The number of anilines is 1. The van der Waals surface area contributed by atoms with E-state index in [1.165, 1.54) is 4.68 Å². The van der Waals surface area contributed by atoms with Gasteiger partial charge in [-0.2, -0.15) is 4.68 Å². The largest absolute Gasteiger partial charge is 0.494 e. The summed E-state index contributed by atoms with van der Waals surface area (Å²) in [6.45, 7) is 7.24. The number of aryl methyl sites for hydroxylation is 1. The van der Waals surface area contributed by atoms with Gasteiger partial charge in [-0.05, 0) is 62.7 Å². The van der Waals surface area contributed by atoms with Gasteiger partial charge in [-0.3, -0.25) is 9.59 Å². The highest BCUT2D eigenvalue weighted by Gasteiger charge is 2.21. The lowest BCUT2D eigenvalue weighted by Crippen LogP contribution is -2.36. The third-order valence-electron chi connectivity index (χ3n) is 5.58. The van der Waals surface area contributed by atoms with Crippen molar-refractivity contribution in [2.75, 3.05) is 37.7 Å². The van der Waals surface area contributed by atoms with Gasteiger partial charge >= 0.3 is 0 Å².